The van der Waals surface area contributed by atoms with E-state index in [0.29, 0.717) is 15.9 Å². The highest BCUT2D eigenvalue weighted by Gasteiger charge is 2.49. The number of rotatable bonds is 3. The van der Waals surface area contributed by atoms with Crippen LogP contribution in [0.5, 0.6) is 0 Å². The van der Waals surface area contributed by atoms with Gasteiger partial charge in [-0.2, -0.15) is 4.99 Å². The Hall–Kier alpha value is -1.78. The van der Waals surface area contributed by atoms with Crippen molar-refractivity contribution < 1.29 is 22.7 Å². The van der Waals surface area contributed by atoms with Crippen molar-refractivity contribution in [3.05, 3.63) is 29.3 Å². The van der Waals surface area contributed by atoms with Gasteiger partial charge in [-0.25, -0.2) is 13.2 Å². The summed E-state index contributed by atoms with van der Waals surface area (Å²) in [6.07, 6.45) is -0.709. The lowest BCUT2D eigenvalue weighted by atomic mass is 10.2. The Morgan fingerprint density at radius 3 is 2.72 bits per heavy atom. The van der Waals surface area contributed by atoms with Crippen LogP contribution >= 0.6 is 23.4 Å². The molecule has 158 valence electrons. The maximum Gasteiger partial charge on any atom is 0.408 e. The SMILES string of the molecule is CC(C)(C)OC(=O)NCC(=O)N=C1S[C@@H]2CS(=O)(=O)C[C@H]2N1c1cccc(Cl)c1. The Labute approximate surface area is 178 Å². The van der Waals surface area contributed by atoms with E-state index >= 15 is 0 Å². The number of alkyl carbamates (subject to hydrolysis) is 1. The third-order valence-corrected chi connectivity index (χ3v) is 7.60. The fourth-order valence-electron chi connectivity index (χ4n) is 3.10. The third-order valence-electron chi connectivity index (χ3n) is 4.16. The molecule has 0 aromatic heterocycles. The van der Waals surface area contributed by atoms with Crippen molar-refractivity contribution in [1.82, 2.24) is 5.32 Å². The van der Waals surface area contributed by atoms with E-state index in [-0.39, 0.29) is 29.3 Å². The van der Waals surface area contributed by atoms with Gasteiger partial charge in [0.05, 0.1) is 17.5 Å². The average Bonchev–Trinajstić information content (AvgIpc) is 3.02. The van der Waals surface area contributed by atoms with E-state index in [1.807, 2.05) is 0 Å². The molecular weight excluding hydrogens is 438 g/mol. The number of halogens is 1. The normalized spacial score (nSPS) is 24.4. The molecule has 3 rings (SSSR count). The molecule has 2 saturated heterocycles. The van der Waals surface area contributed by atoms with Crippen molar-refractivity contribution in [2.24, 2.45) is 4.99 Å². The molecule has 0 unspecified atom stereocenters. The second kappa shape index (κ2) is 8.16. The molecule has 2 heterocycles. The summed E-state index contributed by atoms with van der Waals surface area (Å²) in [4.78, 5) is 29.9. The van der Waals surface area contributed by atoms with Crippen molar-refractivity contribution in [3.63, 3.8) is 0 Å². The highest BCUT2D eigenvalue weighted by atomic mass is 35.5. The number of amidine groups is 1. The second-order valence-electron chi connectivity index (χ2n) is 7.79. The number of sulfone groups is 1. The minimum atomic E-state index is -3.16. The first kappa shape index (κ1) is 21.9. The number of nitrogens with zero attached hydrogens (tertiary/aromatic N) is 2. The number of nitrogens with one attached hydrogen (secondary N) is 1. The Kier molecular flexibility index (Phi) is 6.16. The number of benzene rings is 1. The number of hydrogen-bond acceptors (Lipinski definition) is 6. The summed E-state index contributed by atoms with van der Waals surface area (Å²) in [5.74, 6) is -0.545. The Bertz CT molecular complexity index is 958. The molecule has 0 saturated carbocycles. The fourth-order valence-corrected chi connectivity index (χ4v) is 7.22. The van der Waals surface area contributed by atoms with Crippen LogP contribution in [0, 0.1) is 0 Å². The van der Waals surface area contributed by atoms with E-state index in [1.54, 1.807) is 49.9 Å². The molecule has 1 aromatic carbocycles. The molecule has 29 heavy (non-hydrogen) atoms. The standard InChI is InChI=1S/C18H22ClN3O5S2/c1-18(2,3)27-17(24)20-8-15(23)21-16-22(12-6-4-5-11(19)7-12)13-9-29(25,26)10-14(13)28-16/h4-7,13-14H,8-10H2,1-3H3,(H,20,24)/t13-,14-/m1/s1. The largest absolute Gasteiger partial charge is 0.444 e. The van der Waals surface area contributed by atoms with Crippen LogP contribution in [0.4, 0.5) is 10.5 Å². The molecule has 2 aliphatic rings. The van der Waals surface area contributed by atoms with Gasteiger partial charge in [0.25, 0.3) is 5.91 Å². The van der Waals surface area contributed by atoms with Crippen LogP contribution in [0.25, 0.3) is 0 Å². The lowest BCUT2D eigenvalue weighted by molar-refractivity contribution is -0.117. The van der Waals surface area contributed by atoms with Gasteiger partial charge in [-0.3, -0.25) is 4.79 Å². The van der Waals surface area contributed by atoms with Gasteiger partial charge in [-0.05, 0) is 39.0 Å². The fraction of sp³-hybridized carbons (Fsp3) is 0.500. The summed E-state index contributed by atoms with van der Waals surface area (Å²) in [5.41, 5.74) is -0.00614. The number of aliphatic imine (C=N–C) groups is 1. The van der Waals surface area contributed by atoms with Gasteiger partial charge in [-0.15, -0.1) is 0 Å². The summed E-state index contributed by atoms with van der Waals surface area (Å²) < 4.78 is 29.2. The highest BCUT2D eigenvalue weighted by Crippen LogP contribution is 2.41. The highest BCUT2D eigenvalue weighted by molar-refractivity contribution is 8.16. The maximum atomic E-state index is 12.3. The van der Waals surface area contributed by atoms with Gasteiger partial charge in [0, 0.05) is 16.0 Å². The molecule has 0 aliphatic carbocycles. The van der Waals surface area contributed by atoms with E-state index in [4.69, 9.17) is 16.3 Å². The zero-order chi connectivity index (χ0) is 21.4. The summed E-state index contributed by atoms with van der Waals surface area (Å²) >= 11 is 7.35. The van der Waals surface area contributed by atoms with Gasteiger partial charge < -0.3 is 15.0 Å². The predicted molar refractivity (Wildman–Crippen MR) is 114 cm³/mol. The van der Waals surface area contributed by atoms with Gasteiger partial charge in [0.1, 0.15) is 12.1 Å². The first-order valence-electron chi connectivity index (χ1n) is 8.94. The van der Waals surface area contributed by atoms with Crippen molar-refractivity contribution in [2.75, 3.05) is 23.0 Å². The van der Waals surface area contributed by atoms with Crippen LogP contribution in [0.3, 0.4) is 0 Å². The number of ether oxygens (including phenoxy) is 1. The minimum absolute atomic E-state index is 0.0133. The van der Waals surface area contributed by atoms with E-state index in [0.717, 1.165) is 0 Å². The number of anilines is 1. The van der Waals surface area contributed by atoms with Crippen molar-refractivity contribution in [1.29, 1.82) is 0 Å². The van der Waals surface area contributed by atoms with Crippen LogP contribution < -0.4 is 10.2 Å². The number of amides is 2. The maximum absolute atomic E-state index is 12.3. The summed E-state index contributed by atoms with van der Waals surface area (Å²) in [5, 5.41) is 3.05. The number of carbonyl (C=O) groups is 2. The Morgan fingerprint density at radius 1 is 1.34 bits per heavy atom. The molecule has 2 amide bonds. The van der Waals surface area contributed by atoms with Gasteiger partial charge >= 0.3 is 6.09 Å². The van der Waals surface area contributed by atoms with Crippen LogP contribution in [0.2, 0.25) is 5.02 Å². The molecule has 2 aliphatic heterocycles. The van der Waals surface area contributed by atoms with Crippen LogP contribution in [-0.2, 0) is 19.4 Å². The first-order chi connectivity index (χ1) is 13.4. The first-order valence-corrected chi connectivity index (χ1v) is 12.0. The third kappa shape index (κ3) is 5.64. The van der Waals surface area contributed by atoms with Crippen molar-refractivity contribution in [2.45, 2.75) is 37.7 Å². The molecule has 0 bridgehead atoms. The zero-order valence-corrected chi connectivity index (χ0v) is 18.6. The van der Waals surface area contributed by atoms with Crippen molar-refractivity contribution in [3.8, 4) is 0 Å². The number of thioether (sulfide) groups is 1. The van der Waals surface area contributed by atoms with Gasteiger partial charge in [0.15, 0.2) is 15.0 Å². The molecule has 1 aromatic rings. The lowest BCUT2D eigenvalue weighted by Crippen LogP contribution is -2.38. The Balaban J connectivity index is 1.78. The van der Waals surface area contributed by atoms with Crippen LogP contribution in [0.15, 0.2) is 29.3 Å². The van der Waals surface area contributed by atoms with Gasteiger partial charge in [0.2, 0.25) is 0 Å². The lowest BCUT2D eigenvalue weighted by Gasteiger charge is -2.24. The molecule has 2 fully saturated rings. The quantitative estimate of drug-likeness (QED) is 0.740. The Morgan fingerprint density at radius 2 is 2.07 bits per heavy atom. The van der Waals surface area contributed by atoms with E-state index in [1.165, 1.54) is 11.8 Å². The van der Waals surface area contributed by atoms with Gasteiger partial charge in [-0.1, -0.05) is 29.4 Å². The molecule has 0 radical (unpaired) electrons. The topological polar surface area (TPSA) is 105 Å². The summed E-state index contributed by atoms with van der Waals surface area (Å²) in [7, 11) is -3.16. The summed E-state index contributed by atoms with van der Waals surface area (Å²) in [6.45, 7) is 4.84. The van der Waals surface area contributed by atoms with Crippen LogP contribution in [-0.4, -0.2) is 60.5 Å². The monoisotopic (exact) mass is 459 g/mol. The molecule has 2 atom stereocenters. The number of fused-ring (bicyclic) bond motifs is 1. The number of hydrogen-bond donors (Lipinski definition) is 1. The average molecular weight is 460 g/mol. The second-order valence-corrected chi connectivity index (χ2v) is 11.6. The molecule has 11 heteroatoms. The van der Waals surface area contributed by atoms with Crippen LogP contribution in [0.1, 0.15) is 20.8 Å². The van der Waals surface area contributed by atoms with E-state index < -0.39 is 27.4 Å². The molecule has 1 N–H and O–H groups in total. The molecule has 8 nitrogen and oxygen atoms in total. The minimum Gasteiger partial charge on any atom is -0.444 e. The number of carbonyl (C=O) groups excluding carboxylic acids is 2. The molecular formula is C18H22ClN3O5S2. The molecule has 0 spiro atoms. The zero-order valence-electron chi connectivity index (χ0n) is 16.2. The summed E-state index contributed by atoms with van der Waals surface area (Å²) in [6, 6.07) is 6.63. The smallest absolute Gasteiger partial charge is 0.408 e. The van der Waals surface area contributed by atoms with Crippen molar-refractivity contribution >= 4 is 56.1 Å². The van der Waals surface area contributed by atoms with E-state index in [9.17, 15) is 18.0 Å². The predicted octanol–water partition coefficient (Wildman–Crippen LogP) is 2.47. The van der Waals surface area contributed by atoms with E-state index in [2.05, 4.69) is 10.3 Å².